The zero-order chi connectivity index (χ0) is 19.5. The molecular weight excluding hydrogens is 358 g/mol. The second kappa shape index (κ2) is 7.33. The molecule has 28 heavy (non-hydrogen) atoms. The number of furan rings is 1. The van der Waals surface area contributed by atoms with E-state index < -0.39 is 5.97 Å². The minimum absolute atomic E-state index is 0.181. The van der Waals surface area contributed by atoms with Crippen LogP contribution in [0.25, 0.3) is 23.0 Å². The van der Waals surface area contributed by atoms with E-state index in [0.29, 0.717) is 39.7 Å². The van der Waals surface area contributed by atoms with E-state index in [1.54, 1.807) is 54.6 Å². The molecule has 0 fully saturated rings. The zero-order valence-electron chi connectivity index (χ0n) is 15.0. The molecule has 1 aromatic heterocycles. The van der Waals surface area contributed by atoms with Gasteiger partial charge in [-0.1, -0.05) is 12.1 Å². The van der Waals surface area contributed by atoms with Gasteiger partial charge in [0.1, 0.15) is 11.5 Å². The second-order valence-corrected chi connectivity index (χ2v) is 6.01. The SMILES string of the molecule is COC(=O)c1ccc(-c2ccc(/C=C(/C#N)c3ccc4c(c3)OCO4)o2)cc1. The number of carbonyl (C=O) groups excluding carboxylic acids is 1. The molecule has 1 aliphatic rings. The number of benzene rings is 2. The molecule has 0 radical (unpaired) electrons. The lowest BCUT2D eigenvalue weighted by molar-refractivity contribution is 0.0600. The molecule has 4 rings (SSSR count). The first-order valence-electron chi connectivity index (χ1n) is 8.48. The average Bonchev–Trinajstić information content (AvgIpc) is 3.40. The van der Waals surface area contributed by atoms with E-state index >= 15 is 0 Å². The number of hydrogen-bond acceptors (Lipinski definition) is 6. The third kappa shape index (κ3) is 3.33. The number of fused-ring (bicyclic) bond motifs is 1. The van der Waals surface area contributed by atoms with Gasteiger partial charge in [0.2, 0.25) is 6.79 Å². The van der Waals surface area contributed by atoms with Gasteiger partial charge in [-0.15, -0.1) is 0 Å². The van der Waals surface area contributed by atoms with E-state index in [2.05, 4.69) is 6.07 Å². The highest BCUT2D eigenvalue weighted by Gasteiger charge is 2.15. The van der Waals surface area contributed by atoms with Crippen molar-refractivity contribution in [3.63, 3.8) is 0 Å². The first kappa shape index (κ1) is 17.4. The van der Waals surface area contributed by atoms with Crippen molar-refractivity contribution in [1.29, 1.82) is 5.26 Å². The molecule has 138 valence electrons. The first-order chi connectivity index (χ1) is 13.7. The lowest BCUT2D eigenvalue weighted by Crippen LogP contribution is -2.00. The first-order valence-corrected chi connectivity index (χ1v) is 8.48. The molecule has 0 spiro atoms. The van der Waals surface area contributed by atoms with Gasteiger partial charge in [-0.2, -0.15) is 5.26 Å². The van der Waals surface area contributed by atoms with Crippen molar-refractivity contribution in [2.75, 3.05) is 13.9 Å². The van der Waals surface area contributed by atoms with E-state index in [4.69, 9.17) is 18.6 Å². The molecule has 2 aromatic carbocycles. The summed E-state index contributed by atoms with van der Waals surface area (Å²) >= 11 is 0. The molecule has 0 N–H and O–H groups in total. The lowest BCUT2D eigenvalue weighted by Gasteiger charge is -2.02. The van der Waals surface area contributed by atoms with Gasteiger partial charge in [0.25, 0.3) is 0 Å². The number of rotatable bonds is 4. The Morgan fingerprint density at radius 1 is 1.04 bits per heavy atom. The van der Waals surface area contributed by atoms with Crippen LogP contribution < -0.4 is 9.47 Å². The normalized spacial score (nSPS) is 12.5. The smallest absolute Gasteiger partial charge is 0.337 e. The van der Waals surface area contributed by atoms with Crippen LogP contribution in [0.15, 0.2) is 59.0 Å². The van der Waals surface area contributed by atoms with Crippen molar-refractivity contribution in [2.24, 2.45) is 0 Å². The zero-order valence-corrected chi connectivity index (χ0v) is 15.0. The maximum absolute atomic E-state index is 11.5. The molecule has 0 amide bonds. The van der Waals surface area contributed by atoms with Crippen molar-refractivity contribution in [3.8, 4) is 28.9 Å². The Morgan fingerprint density at radius 2 is 1.79 bits per heavy atom. The summed E-state index contributed by atoms with van der Waals surface area (Å²) in [5.74, 6) is 2.06. The highest BCUT2D eigenvalue weighted by atomic mass is 16.7. The van der Waals surface area contributed by atoms with E-state index in [9.17, 15) is 10.1 Å². The summed E-state index contributed by atoms with van der Waals surface area (Å²) in [6, 6.07) is 18.0. The van der Waals surface area contributed by atoms with Crippen molar-refractivity contribution in [2.45, 2.75) is 0 Å². The van der Waals surface area contributed by atoms with Crippen LogP contribution >= 0.6 is 0 Å². The summed E-state index contributed by atoms with van der Waals surface area (Å²) in [6.45, 7) is 0.181. The standard InChI is InChI=1S/C22H15NO5/c1-25-22(24)15-4-2-14(3-5-15)19-9-7-18(28-19)10-17(12-23)16-6-8-20-21(11-16)27-13-26-20/h2-11H,13H2,1H3/b17-10-. The fourth-order valence-electron chi connectivity index (χ4n) is 2.86. The quantitative estimate of drug-likeness (QED) is 0.494. The minimum atomic E-state index is -0.392. The van der Waals surface area contributed by atoms with E-state index in [-0.39, 0.29) is 6.79 Å². The Bertz CT molecular complexity index is 1100. The Morgan fingerprint density at radius 3 is 2.54 bits per heavy atom. The predicted octanol–water partition coefficient (Wildman–Crippen LogP) is 4.53. The van der Waals surface area contributed by atoms with Crippen LogP contribution in [0.4, 0.5) is 0 Å². The molecule has 0 unspecified atom stereocenters. The lowest BCUT2D eigenvalue weighted by atomic mass is 10.1. The van der Waals surface area contributed by atoms with Crippen molar-refractivity contribution < 1.29 is 23.4 Å². The van der Waals surface area contributed by atoms with Crippen molar-refractivity contribution in [1.82, 2.24) is 0 Å². The van der Waals surface area contributed by atoms with Crippen LogP contribution in [-0.4, -0.2) is 19.9 Å². The van der Waals surface area contributed by atoms with Crippen LogP contribution in [0, 0.1) is 11.3 Å². The maximum atomic E-state index is 11.5. The van der Waals surface area contributed by atoms with Gasteiger partial charge in [-0.3, -0.25) is 0 Å². The third-order valence-corrected chi connectivity index (χ3v) is 4.31. The van der Waals surface area contributed by atoms with Crippen LogP contribution in [0.1, 0.15) is 21.7 Å². The fraction of sp³-hybridized carbons (Fsp3) is 0.0909. The molecule has 0 saturated carbocycles. The summed E-state index contributed by atoms with van der Waals surface area (Å²) < 4.78 is 21.2. The third-order valence-electron chi connectivity index (χ3n) is 4.31. The van der Waals surface area contributed by atoms with Gasteiger partial charge in [0, 0.05) is 5.56 Å². The molecule has 0 saturated heterocycles. The number of methoxy groups -OCH3 is 1. The van der Waals surface area contributed by atoms with Crippen LogP contribution in [0.2, 0.25) is 0 Å². The molecule has 2 heterocycles. The number of nitrogens with zero attached hydrogens (tertiary/aromatic N) is 1. The van der Waals surface area contributed by atoms with Gasteiger partial charge >= 0.3 is 5.97 Å². The summed E-state index contributed by atoms with van der Waals surface area (Å²) in [7, 11) is 1.34. The number of esters is 1. The molecule has 1 aliphatic heterocycles. The number of hydrogen-bond donors (Lipinski definition) is 0. The topological polar surface area (TPSA) is 81.7 Å². The number of carbonyl (C=O) groups is 1. The summed E-state index contributed by atoms with van der Waals surface area (Å²) in [5, 5.41) is 9.54. The largest absolute Gasteiger partial charge is 0.465 e. The van der Waals surface area contributed by atoms with Crippen LogP contribution in [0.3, 0.4) is 0 Å². The summed E-state index contributed by atoms with van der Waals surface area (Å²) in [5.41, 5.74) is 2.44. The molecule has 0 bridgehead atoms. The van der Waals surface area contributed by atoms with Crippen LogP contribution in [-0.2, 0) is 4.74 Å². The second-order valence-electron chi connectivity index (χ2n) is 6.01. The Labute approximate surface area is 161 Å². The number of ether oxygens (including phenoxy) is 3. The van der Waals surface area contributed by atoms with E-state index in [0.717, 1.165) is 5.56 Å². The molecule has 0 aliphatic carbocycles. The van der Waals surface area contributed by atoms with Crippen LogP contribution in [0.5, 0.6) is 11.5 Å². The Kier molecular flexibility index (Phi) is 4.56. The minimum Gasteiger partial charge on any atom is -0.465 e. The predicted molar refractivity (Wildman–Crippen MR) is 102 cm³/mol. The maximum Gasteiger partial charge on any atom is 0.337 e. The fourth-order valence-corrected chi connectivity index (χ4v) is 2.86. The van der Waals surface area contributed by atoms with E-state index in [1.165, 1.54) is 7.11 Å². The molecule has 0 atom stereocenters. The van der Waals surface area contributed by atoms with Gasteiger partial charge < -0.3 is 18.6 Å². The highest BCUT2D eigenvalue weighted by Crippen LogP contribution is 2.35. The molecule has 3 aromatic rings. The molecular formula is C22H15NO5. The Balaban J connectivity index is 1.59. The monoisotopic (exact) mass is 373 g/mol. The molecule has 6 nitrogen and oxygen atoms in total. The van der Waals surface area contributed by atoms with Crippen molar-refractivity contribution in [3.05, 3.63) is 71.5 Å². The highest BCUT2D eigenvalue weighted by molar-refractivity contribution is 5.90. The van der Waals surface area contributed by atoms with Gasteiger partial charge in [0.05, 0.1) is 24.3 Å². The van der Waals surface area contributed by atoms with Gasteiger partial charge in [-0.25, -0.2) is 4.79 Å². The summed E-state index contributed by atoms with van der Waals surface area (Å²) in [4.78, 5) is 11.5. The number of nitriles is 1. The summed E-state index contributed by atoms with van der Waals surface area (Å²) in [6.07, 6.45) is 1.67. The van der Waals surface area contributed by atoms with E-state index in [1.807, 2.05) is 6.07 Å². The molecule has 6 heteroatoms. The van der Waals surface area contributed by atoms with Crippen molar-refractivity contribution >= 4 is 17.6 Å². The average molecular weight is 373 g/mol. The van der Waals surface area contributed by atoms with Gasteiger partial charge in [0.15, 0.2) is 11.5 Å². The number of allylic oxidation sites excluding steroid dienone is 1. The Hall–Kier alpha value is -3.98. The van der Waals surface area contributed by atoms with Gasteiger partial charge in [-0.05, 0) is 54.1 Å².